The van der Waals surface area contributed by atoms with Gasteiger partial charge in [-0.1, -0.05) is 5.16 Å². The van der Waals surface area contributed by atoms with Gasteiger partial charge in [0.2, 0.25) is 11.7 Å². The second kappa shape index (κ2) is 7.57. The Morgan fingerprint density at radius 2 is 2.27 bits per heavy atom. The SMILES string of the molecule is CC(=O)OC(C)(C)C(=O)N1CCC[C@@H](Cc2nc(-c3ccsc3)no2)C1. The molecule has 8 heteroatoms. The van der Waals surface area contributed by atoms with Gasteiger partial charge in [-0.15, -0.1) is 0 Å². The van der Waals surface area contributed by atoms with Crippen molar-refractivity contribution < 1.29 is 18.8 Å². The minimum absolute atomic E-state index is 0.165. The van der Waals surface area contributed by atoms with Gasteiger partial charge in [-0.3, -0.25) is 9.59 Å². The maximum atomic E-state index is 12.7. The molecule has 1 amide bonds. The van der Waals surface area contributed by atoms with E-state index in [9.17, 15) is 9.59 Å². The van der Waals surface area contributed by atoms with Gasteiger partial charge in [0.05, 0.1) is 0 Å². The summed E-state index contributed by atoms with van der Waals surface area (Å²) in [7, 11) is 0. The average Bonchev–Trinajstić information content (AvgIpc) is 3.24. The molecule has 0 saturated carbocycles. The Labute approximate surface area is 156 Å². The first-order chi connectivity index (χ1) is 12.3. The van der Waals surface area contributed by atoms with Gasteiger partial charge in [-0.05, 0) is 44.1 Å². The molecule has 140 valence electrons. The summed E-state index contributed by atoms with van der Waals surface area (Å²) in [5, 5.41) is 7.98. The van der Waals surface area contributed by atoms with E-state index in [1.165, 1.54) is 6.92 Å². The van der Waals surface area contributed by atoms with Crippen LogP contribution in [-0.4, -0.2) is 45.6 Å². The van der Waals surface area contributed by atoms with Gasteiger partial charge in [0.1, 0.15) is 0 Å². The topological polar surface area (TPSA) is 85.5 Å². The number of likely N-dealkylation sites (tertiary alicyclic amines) is 1. The lowest BCUT2D eigenvalue weighted by Crippen LogP contribution is -2.51. The van der Waals surface area contributed by atoms with Crippen LogP contribution in [0.5, 0.6) is 0 Å². The first-order valence-electron chi connectivity index (χ1n) is 8.69. The number of esters is 1. The third-order valence-electron chi connectivity index (χ3n) is 4.43. The molecule has 0 aromatic carbocycles. The van der Waals surface area contributed by atoms with Crippen LogP contribution in [0.3, 0.4) is 0 Å². The number of piperidine rings is 1. The number of carbonyl (C=O) groups is 2. The van der Waals surface area contributed by atoms with Crippen molar-refractivity contribution in [2.24, 2.45) is 5.92 Å². The first-order valence-corrected chi connectivity index (χ1v) is 9.63. The largest absolute Gasteiger partial charge is 0.450 e. The van der Waals surface area contributed by atoms with Gasteiger partial charge in [-0.25, -0.2) is 0 Å². The summed E-state index contributed by atoms with van der Waals surface area (Å²) in [6, 6.07) is 1.96. The fourth-order valence-corrected chi connectivity index (χ4v) is 3.93. The van der Waals surface area contributed by atoms with E-state index in [0.29, 0.717) is 31.2 Å². The molecule has 0 spiro atoms. The zero-order chi connectivity index (χ0) is 18.7. The Hall–Kier alpha value is -2.22. The molecule has 2 aromatic heterocycles. The predicted octanol–water partition coefficient (Wildman–Crippen LogP) is 2.92. The highest BCUT2D eigenvalue weighted by atomic mass is 32.1. The van der Waals surface area contributed by atoms with Crippen LogP contribution < -0.4 is 0 Å². The molecule has 1 fully saturated rings. The van der Waals surface area contributed by atoms with E-state index >= 15 is 0 Å². The Bertz CT molecular complexity index is 769. The molecule has 7 nitrogen and oxygen atoms in total. The molecule has 3 rings (SSSR count). The molecule has 1 aliphatic heterocycles. The van der Waals surface area contributed by atoms with Crippen molar-refractivity contribution in [2.75, 3.05) is 13.1 Å². The van der Waals surface area contributed by atoms with E-state index < -0.39 is 11.6 Å². The predicted molar refractivity (Wildman–Crippen MR) is 96.5 cm³/mol. The fourth-order valence-electron chi connectivity index (χ4n) is 3.29. The standard InChI is InChI=1S/C18H23N3O4S/c1-12(22)24-18(2,3)17(23)21-7-4-5-13(10-21)9-15-19-16(20-25-15)14-6-8-26-11-14/h6,8,11,13H,4-5,7,9-10H2,1-3H3/t13-/m0/s1. The monoisotopic (exact) mass is 377 g/mol. The number of ether oxygens (including phenoxy) is 1. The van der Waals surface area contributed by atoms with Gasteiger partial charge < -0.3 is 14.2 Å². The molecule has 1 aliphatic rings. The van der Waals surface area contributed by atoms with Crippen molar-refractivity contribution in [3.05, 3.63) is 22.7 Å². The van der Waals surface area contributed by atoms with E-state index in [2.05, 4.69) is 10.1 Å². The highest BCUT2D eigenvalue weighted by Gasteiger charge is 2.37. The smallest absolute Gasteiger partial charge is 0.303 e. The number of hydrogen-bond donors (Lipinski definition) is 0. The zero-order valence-electron chi connectivity index (χ0n) is 15.2. The van der Waals surface area contributed by atoms with Gasteiger partial charge in [0, 0.05) is 37.4 Å². The van der Waals surface area contributed by atoms with Crippen LogP contribution in [0.15, 0.2) is 21.3 Å². The Morgan fingerprint density at radius 3 is 2.96 bits per heavy atom. The number of amides is 1. The minimum atomic E-state index is -1.15. The minimum Gasteiger partial charge on any atom is -0.450 e. The summed E-state index contributed by atoms with van der Waals surface area (Å²) in [6.07, 6.45) is 2.53. The molecule has 0 bridgehead atoms. The highest BCUT2D eigenvalue weighted by molar-refractivity contribution is 7.08. The zero-order valence-corrected chi connectivity index (χ0v) is 16.0. The van der Waals surface area contributed by atoms with Gasteiger partial charge in [0.25, 0.3) is 5.91 Å². The lowest BCUT2D eigenvalue weighted by Gasteiger charge is -2.36. The van der Waals surface area contributed by atoms with E-state index in [0.717, 1.165) is 18.4 Å². The Kier molecular flexibility index (Phi) is 5.41. The number of nitrogens with zero attached hydrogens (tertiary/aromatic N) is 3. The van der Waals surface area contributed by atoms with Crippen molar-refractivity contribution in [2.45, 2.75) is 45.6 Å². The number of carbonyl (C=O) groups excluding carboxylic acids is 2. The molecule has 0 radical (unpaired) electrons. The molecule has 0 aliphatic carbocycles. The normalized spacial score (nSPS) is 18.0. The summed E-state index contributed by atoms with van der Waals surface area (Å²) in [4.78, 5) is 30.2. The van der Waals surface area contributed by atoms with Crippen molar-refractivity contribution in [1.29, 1.82) is 0 Å². The number of hydrogen-bond acceptors (Lipinski definition) is 7. The second-order valence-corrected chi connectivity index (χ2v) is 7.87. The summed E-state index contributed by atoms with van der Waals surface area (Å²) in [5.41, 5.74) is -0.196. The maximum absolute atomic E-state index is 12.7. The second-order valence-electron chi connectivity index (χ2n) is 7.09. The first kappa shape index (κ1) is 18.6. The van der Waals surface area contributed by atoms with Crippen molar-refractivity contribution in [3.8, 4) is 11.4 Å². The maximum Gasteiger partial charge on any atom is 0.303 e. The fraction of sp³-hybridized carbons (Fsp3) is 0.556. The molecule has 26 heavy (non-hydrogen) atoms. The van der Waals surface area contributed by atoms with Crippen LogP contribution in [0, 0.1) is 5.92 Å². The average molecular weight is 377 g/mol. The summed E-state index contributed by atoms with van der Waals surface area (Å²) in [5.74, 6) is 0.813. The van der Waals surface area contributed by atoms with Crippen LogP contribution in [-0.2, 0) is 20.7 Å². The molecule has 0 N–H and O–H groups in total. The van der Waals surface area contributed by atoms with E-state index in [1.807, 2.05) is 16.8 Å². The summed E-state index contributed by atoms with van der Waals surface area (Å²) < 4.78 is 10.6. The molecule has 3 heterocycles. The Morgan fingerprint density at radius 1 is 1.46 bits per heavy atom. The van der Waals surface area contributed by atoms with Crippen LogP contribution in [0.4, 0.5) is 0 Å². The molecule has 2 aromatic rings. The van der Waals surface area contributed by atoms with Crippen molar-refractivity contribution >= 4 is 23.2 Å². The molecule has 1 atom stereocenters. The molecule has 0 unspecified atom stereocenters. The van der Waals surface area contributed by atoms with Crippen molar-refractivity contribution in [3.63, 3.8) is 0 Å². The van der Waals surface area contributed by atoms with Crippen LogP contribution in [0.2, 0.25) is 0 Å². The van der Waals surface area contributed by atoms with Gasteiger partial charge >= 0.3 is 5.97 Å². The number of rotatable bonds is 5. The van der Waals surface area contributed by atoms with E-state index in [-0.39, 0.29) is 11.8 Å². The van der Waals surface area contributed by atoms with E-state index in [1.54, 1.807) is 30.1 Å². The number of thiophene rings is 1. The van der Waals surface area contributed by atoms with Gasteiger partial charge in [-0.2, -0.15) is 16.3 Å². The summed E-state index contributed by atoms with van der Waals surface area (Å²) in [6.45, 7) is 5.84. The molecular weight excluding hydrogens is 354 g/mol. The quantitative estimate of drug-likeness (QED) is 0.745. The highest BCUT2D eigenvalue weighted by Crippen LogP contribution is 2.25. The number of aromatic nitrogens is 2. The Balaban J connectivity index is 1.62. The van der Waals surface area contributed by atoms with Crippen molar-refractivity contribution in [1.82, 2.24) is 15.0 Å². The van der Waals surface area contributed by atoms with Crippen LogP contribution in [0.25, 0.3) is 11.4 Å². The summed E-state index contributed by atoms with van der Waals surface area (Å²) >= 11 is 1.59. The van der Waals surface area contributed by atoms with Gasteiger partial charge in [0.15, 0.2) is 5.60 Å². The third kappa shape index (κ3) is 4.30. The van der Waals surface area contributed by atoms with Crippen LogP contribution >= 0.6 is 11.3 Å². The lowest BCUT2D eigenvalue weighted by atomic mass is 9.93. The molecule has 1 saturated heterocycles. The van der Waals surface area contributed by atoms with Crippen LogP contribution in [0.1, 0.15) is 39.5 Å². The molecular formula is C18H23N3O4S. The van der Waals surface area contributed by atoms with E-state index in [4.69, 9.17) is 9.26 Å². The third-order valence-corrected chi connectivity index (χ3v) is 5.11. The lowest BCUT2D eigenvalue weighted by molar-refractivity contribution is -0.169.